The molecule has 0 amide bonds. The Morgan fingerprint density at radius 1 is 1.41 bits per heavy atom. The first-order valence-electron chi connectivity index (χ1n) is 5.71. The highest BCUT2D eigenvalue weighted by Gasteiger charge is 2.49. The minimum absolute atomic E-state index is 0.0905. The summed E-state index contributed by atoms with van der Waals surface area (Å²) < 4.78 is 6.61. The standard InChI is InChI=1S/C13H17ClO2S/c1-12(2)7-8(13(3,4)16-12)11(15)9-5-6-10(14)17-9/h5-6,8H,7H2,1-4H3. The van der Waals surface area contributed by atoms with E-state index in [2.05, 4.69) is 0 Å². The maximum absolute atomic E-state index is 12.4. The summed E-state index contributed by atoms with van der Waals surface area (Å²) in [5.41, 5.74) is -0.637. The molecule has 2 heterocycles. The lowest BCUT2D eigenvalue weighted by Gasteiger charge is -2.26. The van der Waals surface area contributed by atoms with Gasteiger partial charge in [0.2, 0.25) is 0 Å². The topological polar surface area (TPSA) is 26.3 Å². The molecule has 94 valence electrons. The molecule has 0 bridgehead atoms. The van der Waals surface area contributed by atoms with Gasteiger partial charge in [0, 0.05) is 0 Å². The third-order valence-electron chi connectivity index (χ3n) is 3.21. The maximum Gasteiger partial charge on any atom is 0.178 e. The van der Waals surface area contributed by atoms with E-state index in [1.807, 2.05) is 27.7 Å². The van der Waals surface area contributed by atoms with Crippen molar-refractivity contribution in [3.05, 3.63) is 21.3 Å². The van der Waals surface area contributed by atoms with Gasteiger partial charge in [-0.1, -0.05) is 11.6 Å². The Balaban J connectivity index is 2.26. The van der Waals surface area contributed by atoms with Crippen molar-refractivity contribution < 1.29 is 9.53 Å². The van der Waals surface area contributed by atoms with Crippen LogP contribution in [-0.4, -0.2) is 17.0 Å². The van der Waals surface area contributed by atoms with E-state index in [9.17, 15) is 4.79 Å². The Hall–Kier alpha value is -0.380. The molecule has 1 fully saturated rings. The smallest absolute Gasteiger partial charge is 0.178 e. The van der Waals surface area contributed by atoms with Crippen molar-refractivity contribution in [2.75, 3.05) is 0 Å². The molecule has 0 spiro atoms. The van der Waals surface area contributed by atoms with Gasteiger partial charge in [-0.3, -0.25) is 4.79 Å². The number of ketones is 1. The van der Waals surface area contributed by atoms with Gasteiger partial charge in [-0.2, -0.15) is 0 Å². The van der Waals surface area contributed by atoms with Crippen LogP contribution in [0.4, 0.5) is 0 Å². The Morgan fingerprint density at radius 3 is 2.47 bits per heavy atom. The summed E-state index contributed by atoms with van der Waals surface area (Å²) in [7, 11) is 0. The van der Waals surface area contributed by atoms with Crippen LogP contribution in [0.25, 0.3) is 0 Å². The van der Waals surface area contributed by atoms with E-state index < -0.39 is 5.60 Å². The average molecular weight is 273 g/mol. The van der Waals surface area contributed by atoms with E-state index in [0.717, 1.165) is 11.3 Å². The number of carbonyl (C=O) groups excluding carboxylic acids is 1. The maximum atomic E-state index is 12.4. The largest absolute Gasteiger partial charge is 0.369 e. The highest BCUT2D eigenvalue weighted by Crippen LogP contribution is 2.44. The zero-order valence-corrected chi connectivity index (χ0v) is 12.1. The van der Waals surface area contributed by atoms with Crippen molar-refractivity contribution in [1.82, 2.24) is 0 Å². The molecule has 2 rings (SSSR count). The summed E-state index contributed by atoms with van der Waals surface area (Å²) >= 11 is 7.22. The summed E-state index contributed by atoms with van der Waals surface area (Å²) in [6, 6.07) is 3.57. The Bertz CT molecular complexity index is 448. The second-order valence-corrected chi connectivity index (χ2v) is 7.41. The van der Waals surface area contributed by atoms with Gasteiger partial charge in [-0.05, 0) is 46.2 Å². The summed E-state index contributed by atoms with van der Waals surface area (Å²) in [5.74, 6) is 0.0599. The molecule has 1 atom stereocenters. The van der Waals surface area contributed by atoms with Crippen LogP contribution in [-0.2, 0) is 4.74 Å². The summed E-state index contributed by atoms with van der Waals surface area (Å²) in [6.07, 6.45) is 0.758. The average Bonchev–Trinajstić information content (AvgIpc) is 2.66. The van der Waals surface area contributed by atoms with Crippen LogP contribution in [0.15, 0.2) is 12.1 Å². The normalized spacial score (nSPS) is 26.1. The lowest BCUT2D eigenvalue weighted by Crippen LogP contribution is -2.33. The lowest BCUT2D eigenvalue weighted by molar-refractivity contribution is -0.0712. The molecule has 1 aliphatic rings. The number of carbonyl (C=O) groups is 1. The van der Waals surface area contributed by atoms with Crippen LogP contribution in [0.5, 0.6) is 0 Å². The second kappa shape index (κ2) is 4.08. The van der Waals surface area contributed by atoms with Crippen LogP contribution < -0.4 is 0 Å². The first kappa shape index (κ1) is 13.1. The van der Waals surface area contributed by atoms with Gasteiger partial charge in [-0.25, -0.2) is 0 Å². The van der Waals surface area contributed by atoms with Crippen LogP contribution in [0.1, 0.15) is 43.8 Å². The van der Waals surface area contributed by atoms with E-state index in [0.29, 0.717) is 4.34 Å². The number of rotatable bonds is 2. The van der Waals surface area contributed by atoms with E-state index in [1.54, 1.807) is 12.1 Å². The van der Waals surface area contributed by atoms with Crippen molar-refractivity contribution in [2.45, 2.75) is 45.3 Å². The molecule has 1 aromatic rings. The van der Waals surface area contributed by atoms with E-state index >= 15 is 0 Å². The van der Waals surface area contributed by atoms with Crippen LogP contribution in [0.2, 0.25) is 4.34 Å². The van der Waals surface area contributed by atoms with Crippen LogP contribution in [0.3, 0.4) is 0 Å². The fraction of sp³-hybridized carbons (Fsp3) is 0.615. The fourth-order valence-electron chi connectivity index (χ4n) is 2.59. The minimum atomic E-state index is -0.406. The molecule has 0 aromatic carbocycles. The van der Waals surface area contributed by atoms with Gasteiger partial charge >= 0.3 is 0 Å². The molecule has 17 heavy (non-hydrogen) atoms. The first-order chi connectivity index (χ1) is 7.71. The van der Waals surface area contributed by atoms with E-state index in [-0.39, 0.29) is 17.3 Å². The molecule has 4 heteroatoms. The predicted octanol–water partition coefficient (Wildman–Crippen LogP) is 4.18. The zero-order chi connectivity index (χ0) is 12.8. The number of thiophene rings is 1. The monoisotopic (exact) mass is 272 g/mol. The third-order valence-corrected chi connectivity index (χ3v) is 4.45. The van der Waals surface area contributed by atoms with Gasteiger partial charge in [0.15, 0.2) is 5.78 Å². The highest BCUT2D eigenvalue weighted by atomic mass is 35.5. The van der Waals surface area contributed by atoms with Gasteiger partial charge in [0.05, 0.1) is 26.3 Å². The molecule has 1 aromatic heterocycles. The van der Waals surface area contributed by atoms with Gasteiger partial charge in [0.1, 0.15) is 0 Å². The van der Waals surface area contributed by atoms with Crippen molar-refractivity contribution in [3.8, 4) is 0 Å². The molecule has 1 aliphatic heterocycles. The summed E-state index contributed by atoms with van der Waals surface area (Å²) in [4.78, 5) is 13.2. The third kappa shape index (κ3) is 2.56. The van der Waals surface area contributed by atoms with Crippen LogP contribution >= 0.6 is 22.9 Å². The van der Waals surface area contributed by atoms with Crippen molar-refractivity contribution in [3.63, 3.8) is 0 Å². The van der Waals surface area contributed by atoms with Gasteiger partial charge < -0.3 is 4.74 Å². The number of hydrogen-bond acceptors (Lipinski definition) is 3. The van der Waals surface area contributed by atoms with E-state index in [1.165, 1.54) is 11.3 Å². The Labute approximate surface area is 111 Å². The van der Waals surface area contributed by atoms with Crippen molar-refractivity contribution in [1.29, 1.82) is 0 Å². The second-order valence-electron chi connectivity index (χ2n) is 5.69. The van der Waals surface area contributed by atoms with Crippen molar-refractivity contribution >= 4 is 28.7 Å². The lowest BCUT2D eigenvalue weighted by atomic mass is 9.83. The van der Waals surface area contributed by atoms with Gasteiger partial charge in [0.25, 0.3) is 0 Å². The Kier molecular flexibility index (Phi) is 3.13. The van der Waals surface area contributed by atoms with Crippen LogP contribution in [0, 0.1) is 5.92 Å². The number of halogens is 1. The Morgan fingerprint density at radius 2 is 2.06 bits per heavy atom. The number of Topliss-reactive ketones (excluding diaryl/α,β-unsaturated/α-hetero) is 1. The SMILES string of the molecule is CC1(C)CC(C(=O)c2ccc(Cl)s2)C(C)(C)O1. The molecular formula is C13H17ClO2S. The van der Waals surface area contributed by atoms with Gasteiger partial charge in [-0.15, -0.1) is 11.3 Å². The molecule has 0 saturated carbocycles. The van der Waals surface area contributed by atoms with Crippen molar-refractivity contribution in [2.24, 2.45) is 5.92 Å². The molecule has 1 unspecified atom stereocenters. The first-order valence-corrected chi connectivity index (χ1v) is 6.90. The minimum Gasteiger partial charge on any atom is -0.369 e. The van der Waals surface area contributed by atoms with E-state index in [4.69, 9.17) is 16.3 Å². The molecule has 0 N–H and O–H groups in total. The fourth-order valence-corrected chi connectivity index (χ4v) is 3.63. The summed E-state index contributed by atoms with van der Waals surface area (Å²) in [6.45, 7) is 8.03. The highest BCUT2D eigenvalue weighted by molar-refractivity contribution is 7.18. The number of ether oxygens (including phenoxy) is 1. The molecule has 2 nitrogen and oxygen atoms in total. The molecule has 0 aliphatic carbocycles. The molecule has 1 saturated heterocycles. The molecule has 0 radical (unpaired) electrons. The number of hydrogen-bond donors (Lipinski definition) is 0. The summed E-state index contributed by atoms with van der Waals surface area (Å²) in [5, 5.41) is 0. The molecular weight excluding hydrogens is 256 g/mol. The predicted molar refractivity (Wildman–Crippen MR) is 71.0 cm³/mol. The zero-order valence-electron chi connectivity index (χ0n) is 10.5. The quantitative estimate of drug-likeness (QED) is 0.755.